The molecule has 0 radical (unpaired) electrons. The number of benzene rings is 1. The highest BCUT2D eigenvalue weighted by Crippen LogP contribution is 2.38. The number of halogens is 1. The Hall–Kier alpha value is -1.43. The van der Waals surface area contributed by atoms with E-state index < -0.39 is 9.75 Å². The van der Waals surface area contributed by atoms with Crippen LogP contribution in [0.5, 0.6) is 5.75 Å². The first-order chi connectivity index (χ1) is 7.49. The summed E-state index contributed by atoms with van der Waals surface area (Å²) in [5.74, 6) is -0.0247. The van der Waals surface area contributed by atoms with Crippen molar-refractivity contribution in [2.24, 2.45) is 0 Å². The quantitative estimate of drug-likeness (QED) is 0.485. The van der Waals surface area contributed by atoms with Crippen molar-refractivity contribution in [3.63, 3.8) is 0 Å². The first-order valence-electron chi connectivity index (χ1n) is 4.44. The van der Waals surface area contributed by atoms with Crippen LogP contribution in [-0.4, -0.2) is 17.8 Å². The number of ether oxygens (including phenoxy) is 1. The predicted molar refractivity (Wildman–Crippen MR) is 62.0 cm³/mol. The molecule has 0 amide bonds. The van der Waals surface area contributed by atoms with E-state index >= 15 is 0 Å². The lowest BCUT2D eigenvalue weighted by Gasteiger charge is -2.11. The number of para-hydroxylation sites is 1. The molecule has 86 valence electrons. The van der Waals surface area contributed by atoms with E-state index in [9.17, 15) is 14.9 Å². The number of nitrogens with zero attached hydrogens (tertiary/aromatic N) is 1. The van der Waals surface area contributed by atoms with Gasteiger partial charge >= 0.3 is 5.69 Å². The van der Waals surface area contributed by atoms with Crippen LogP contribution in [0.1, 0.15) is 17.3 Å². The van der Waals surface area contributed by atoms with Gasteiger partial charge in [0.15, 0.2) is 0 Å². The van der Waals surface area contributed by atoms with E-state index in [4.69, 9.17) is 4.74 Å². The minimum atomic E-state index is -0.595. The fraction of sp³-hybridized carbons (Fsp3) is 0.300. The van der Waals surface area contributed by atoms with Crippen LogP contribution >= 0.6 is 15.9 Å². The average molecular weight is 288 g/mol. The van der Waals surface area contributed by atoms with Crippen molar-refractivity contribution in [2.45, 2.75) is 11.8 Å². The molecule has 0 aliphatic carbocycles. The van der Waals surface area contributed by atoms with E-state index in [1.165, 1.54) is 26.2 Å². The van der Waals surface area contributed by atoms with Crippen molar-refractivity contribution in [1.29, 1.82) is 0 Å². The maximum Gasteiger partial charge on any atom is 0.311 e. The van der Waals surface area contributed by atoms with Gasteiger partial charge in [-0.15, -0.1) is 0 Å². The molecule has 0 aliphatic rings. The number of nitro groups is 1. The lowest BCUT2D eigenvalue weighted by molar-refractivity contribution is -0.385. The third-order valence-electron chi connectivity index (χ3n) is 2.06. The molecule has 0 saturated heterocycles. The van der Waals surface area contributed by atoms with Crippen LogP contribution in [0.2, 0.25) is 0 Å². The van der Waals surface area contributed by atoms with Gasteiger partial charge in [-0.3, -0.25) is 14.9 Å². The van der Waals surface area contributed by atoms with Crippen molar-refractivity contribution in [1.82, 2.24) is 0 Å². The molecule has 0 heterocycles. The molecule has 0 saturated carbocycles. The van der Waals surface area contributed by atoms with Gasteiger partial charge in [-0.2, -0.15) is 0 Å². The van der Waals surface area contributed by atoms with Gasteiger partial charge in [-0.1, -0.05) is 28.1 Å². The number of carbonyl (C=O) groups is 1. The summed E-state index contributed by atoms with van der Waals surface area (Å²) in [5, 5.41) is 10.8. The second-order valence-corrected chi connectivity index (χ2v) is 4.05. The average Bonchev–Trinajstić information content (AvgIpc) is 2.26. The van der Waals surface area contributed by atoms with Crippen LogP contribution in [-0.2, 0) is 4.79 Å². The Morgan fingerprint density at radius 1 is 1.56 bits per heavy atom. The van der Waals surface area contributed by atoms with Crippen LogP contribution in [0.15, 0.2) is 18.2 Å². The fourth-order valence-corrected chi connectivity index (χ4v) is 1.69. The molecule has 5 nitrogen and oxygen atoms in total. The number of methoxy groups -OCH3 is 1. The van der Waals surface area contributed by atoms with Gasteiger partial charge in [-0.25, -0.2) is 0 Å². The zero-order valence-electron chi connectivity index (χ0n) is 8.77. The van der Waals surface area contributed by atoms with E-state index in [0.29, 0.717) is 5.56 Å². The van der Waals surface area contributed by atoms with Crippen LogP contribution in [0.4, 0.5) is 5.69 Å². The molecular formula is C10H10BrNO4. The first-order valence-corrected chi connectivity index (χ1v) is 5.36. The van der Waals surface area contributed by atoms with Gasteiger partial charge in [0.1, 0.15) is 10.6 Å². The Morgan fingerprint density at radius 3 is 2.62 bits per heavy atom. The SMILES string of the molecule is COc1c(C(Br)C(C)=O)cccc1[N+](=O)[O-]. The zero-order chi connectivity index (χ0) is 12.3. The van der Waals surface area contributed by atoms with Crippen molar-refractivity contribution in [2.75, 3.05) is 7.11 Å². The molecule has 6 heteroatoms. The number of Topliss-reactive ketones (excluding diaryl/α,β-unsaturated/α-hetero) is 1. The lowest BCUT2D eigenvalue weighted by Crippen LogP contribution is -2.05. The summed E-state index contributed by atoms with van der Waals surface area (Å²) in [5.41, 5.74) is 0.315. The number of ketones is 1. The Kier molecular flexibility index (Phi) is 4.00. The predicted octanol–water partition coefficient (Wildman–Crippen LogP) is 2.63. The van der Waals surface area contributed by atoms with Gasteiger partial charge in [0.05, 0.1) is 12.0 Å². The van der Waals surface area contributed by atoms with Gasteiger partial charge < -0.3 is 4.74 Å². The molecule has 1 aromatic carbocycles. The normalized spacial score (nSPS) is 11.9. The Morgan fingerprint density at radius 2 is 2.19 bits per heavy atom. The van der Waals surface area contributed by atoms with E-state index in [-0.39, 0.29) is 17.2 Å². The molecule has 1 unspecified atom stereocenters. The monoisotopic (exact) mass is 287 g/mol. The summed E-state index contributed by atoms with van der Waals surface area (Å²) >= 11 is 3.17. The number of rotatable bonds is 4. The summed E-state index contributed by atoms with van der Waals surface area (Å²) in [6, 6.07) is 4.47. The summed E-state index contributed by atoms with van der Waals surface area (Å²) in [6.07, 6.45) is 0. The van der Waals surface area contributed by atoms with E-state index in [1.807, 2.05) is 0 Å². The van der Waals surface area contributed by atoms with Gasteiger partial charge in [-0.05, 0) is 6.92 Å². The summed E-state index contributed by atoms with van der Waals surface area (Å²) in [6.45, 7) is 1.40. The molecule has 0 fully saturated rings. The molecule has 1 rings (SSSR count). The minimum absolute atomic E-state index is 0.115. The van der Waals surface area contributed by atoms with Crippen LogP contribution in [0.3, 0.4) is 0 Å². The number of hydrogen-bond donors (Lipinski definition) is 0. The fourth-order valence-electron chi connectivity index (χ4n) is 1.33. The van der Waals surface area contributed by atoms with Gasteiger partial charge in [0.25, 0.3) is 0 Å². The van der Waals surface area contributed by atoms with Crippen LogP contribution < -0.4 is 4.74 Å². The molecule has 1 aromatic rings. The maximum absolute atomic E-state index is 11.2. The zero-order valence-corrected chi connectivity index (χ0v) is 10.4. The molecular weight excluding hydrogens is 278 g/mol. The van der Waals surface area contributed by atoms with Gasteiger partial charge in [0, 0.05) is 11.6 Å². The van der Waals surface area contributed by atoms with Crippen LogP contribution in [0, 0.1) is 10.1 Å². The van der Waals surface area contributed by atoms with E-state index in [1.54, 1.807) is 6.07 Å². The number of alkyl halides is 1. The molecule has 1 atom stereocenters. The highest BCUT2D eigenvalue weighted by Gasteiger charge is 2.24. The Balaban J connectivity index is 3.34. The smallest absolute Gasteiger partial charge is 0.311 e. The number of hydrogen-bond acceptors (Lipinski definition) is 4. The number of nitro benzene ring substituents is 1. The highest BCUT2D eigenvalue weighted by atomic mass is 79.9. The van der Waals surface area contributed by atoms with Crippen molar-refractivity contribution >= 4 is 27.4 Å². The Bertz CT molecular complexity index is 433. The molecule has 0 aliphatic heterocycles. The standard InChI is InChI=1S/C10H10BrNO4/c1-6(13)9(11)7-4-3-5-8(12(14)15)10(7)16-2/h3-5,9H,1-2H3. The van der Waals surface area contributed by atoms with Crippen molar-refractivity contribution in [3.05, 3.63) is 33.9 Å². The topological polar surface area (TPSA) is 69.4 Å². The van der Waals surface area contributed by atoms with E-state index in [0.717, 1.165) is 0 Å². The van der Waals surface area contributed by atoms with Crippen molar-refractivity contribution < 1.29 is 14.5 Å². The third-order valence-corrected chi connectivity index (χ3v) is 3.19. The molecule has 0 bridgehead atoms. The summed E-state index contributed by atoms with van der Waals surface area (Å²) in [7, 11) is 1.34. The second kappa shape index (κ2) is 5.07. The highest BCUT2D eigenvalue weighted by molar-refractivity contribution is 9.09. The van der Waals surface area contributed by atoms with Crippen LogP contribution in [0.25, 0.3) is 0 Å². The lowest BCUT2D eigenvalue weighted by atomic mass is 10.1. The maximum atomic E-state index is 11.2. The molecule has 16 heavy (non-hydrogen) atoms. The summed E-state index contributed by atoms with van der Waals surface area (Å²) in [4.78, 5) is 20.8. The second-order valence-electron chi connectivity index (χ2n) is 3.13. The first kappa shape index (κ1) is 12.6. The summed E-state index contributed by atoms with van der Waals surface area (Å²) < 4.78 is 4.99. The molecule has 0 aromatic heterocycles. The third kappa shape index (κ3) is 2.38. The largest absolute Gasteiger partial charge is 0.490 e. The molecule has 0 N–H and O–H groups in total. The van der Waals surface area contributed by atoms with E-state index in [2.05, 4.69) is 15.9 Å². The Labute approximate surface area is 101 Å². The van der Waals surface area contributed by atoms with Gasteiger partial charge in [0.2, 0.25) is 5.75 Å². The minimum Gasteiger partial charge on any atom is -0.490 e. The molecule has 0 spiro atoms. The van der Waals surface area contributed by atoms with Crippen molar-refractivity contribution in [3.8, 4) is 5.75 Å². The number of carbonyl (C=O) groups excluding carboxylic acids is 1.